The van der Waals surface area contributed by atoms with Gasteiger partial charge < -0.3 is 38.9 Å². The van der Waals surface area contributed by atoms with Gasteiger partial charge in [-0.1, -0.05) is 20.8 Å². The average Bonchev–Trinajstić information content (AvgIpc) is 3.25. The van der Waals surface area contributed by atoms with Gasteiger partial charge in [0.25, 0.3) is 11.2 Å². The number of nitro benzene ring substituents is 1. The van der Waals surface area contributed by atoms with Gasteiger partial charge in [0.05, 0.1) is 48.6 Å². The molecule has 46 heavy (non-hydrogen) atoms. The molecule has 0 radical (unpaired) electrons. The van der Waals surface area contributed by atoms with Crippen molar-refractivity contribution in [2.75, 3.05) is 13.7 Å². The van der Waals surface area contributed by atoms with E-state index < -0.39 is 82.8 Å². The second-order valence-electron chi connectivity index (χ2n) is 10.9. The highest BCUT2D eigenvalue weighted by atomic mass is 31.3. The number of aliphatic hydroxyl groups is 1. The zero-order chi connectivity index (χ0) is 34.8. The number of aliphatic hydroxyl groups excluding tert-OH is 1. The molecule has 24 heteroatoms. The number of nitrogens with zero attached hydrogens (tertiary/aromatic N) is 2. The third-order valence-corrected chi connectivity index (χ3v) is 10.1. The van der Waals surface area contributed by atoms with Crippen LogP contribution in [0.5, 0.6) is 5.75 Å². The van der Waals surface area contributed by atoms with Gasteiger partial charge >= 0.3 is 29.2 Å². The van der Waals surface area contributed by atoms with Crippen molar-refractivity contribution in [3.8, 4) is 5.75 Å². The van der Waals surface area contributed by atoms with Crippen LogP contribution in [0.4, 0.5) is 5.69 Å². The topological polar surface area (TPSA) is 306 Å². The first kappa shape index (κ1) is 37.8. The van der Waals surface area contributed by atoms with Gasteiger partial charge in [-0.15, -0.1) is 0 Å². The first-order chi connectivity index (χ1) is 21.0. The van der Waals surface area contributed by atoms with Gasteiger partial charge in [0.15, 0.2) is 0 Å². The van der Waals surface area contributed by atoms with E-state index in [0.717, 1.165) is 10.8 Å². The molecule has 1 aliphatic rings. The molecule has 1 fully saturated rings. The van der Waals surface area contributed by atoms with E-state index in [0.29, 0.717) is 5.75 Å². The van der Waals surface area contributed by atoms with Crippen molar-refractivity contribution in [2.45, 2.75) is 58.3 Å². The minimum absolute atomic E-state index is 0.116. The molecule has 3 rings (SSSR count). The number of nitrogens with one attached hydrogen (secondary N) is 1. The van der Waals surface area contributed by atoms with Crippen molar-refractivity contribution in [3.05, 3.63) is 66.5 Å². The maximum absolute atomic E-state index is 12.7. The molecule has 6 N–H and O–H groups in total. The summed E-state index contributed by atoms with van der Waals surface area (Å²) in [5, 5.41) is 22.2. The summed E-state index contributed by atoms with van der Waals surface area (Å²) in [5.41, 5.74) is -2.77. The standard InChI is InChI=1S/C22H32N3O18P3/c1-22(2,3)19(14-7-13(38-4)5-6-15(14)25(29)30)39-10-12-9-24(21(28)23-20(12)27)18-8-16(26)17(41-18)11-40-45(34,35)43-46(36,37)42-44(31,32)33/h5-7,9,16-19,26H,8,10-11H2,1-4H3,(H,34,35)(H,36,37)(H,23,27,28)(H2,31,32,33)/t16-,17-,18-,19-/m1/s1. The Morgan fingerprint density at radius 1 is 1.13 bits per heavy atom. The smallest absolute Gasteiger partial charge is 0.490 e. The number of nitro groups is 1. The number of benzene rings is 1. The van der Waals surface area contributed by atoms with Crippen LogP contribution in [0.15, 0.2) is 34.0 Å². The number of aromatic amines is 1. The molecular weight excluding hydrogens is 687 g/mol. The quantitative estimate of drug-likeness (QED) is 0.0920. The maximum Gasteiger partial charge on any atom is 0.490 e. The fourth-order valence-electron chi connectivity index (χ4n) is 4.37. The Hall–Kier alpha value is -2.61. The van der Waals surface area contributed by atoms with Crippen LogP contribution in [0, 0.1) is 15.5 Å². The van der Waals surface area contributed by atoms with Gasteiger partial charge in [-0.05, 0) is 17.5 Å². The van der Waals surface area contributed by atoms with Crippen molar-refractivity contribution >= 4 is 29.2 Å². The van der Waals surface area contributed by atoms with Gasteiger partial charge in [-0.25, -0.2) is 18.5 Å². The number of hydrogen-bond donors (Lipinski definition) is 6. The van der Waals surface area contributed by atoms with E-state index in [4.69, 9.17) is 24.0 Å². The minimum Gasteiger partial charge on any atom is -0.497 e. The Bertz CT molecular complexity index is 1700. The molecule has 2 aromatic rings. The third-order valence-electron chi connectivity index (χ3n) is 6.28. The first-order valence-corrected chi connectivity index (χ1v) is 17.4. The molecule has 0 amide bonds. The Morgan fingerprint density at radius 3 is 2.35 bits per heavy atom. The van der Waals surface area contributed by atoms with Crippen molar-refractivity contribution in [1.29, 1.82) is 0 Å². The lowest BCUT2D eigenvalue weighted by Gasteiger charge is -2.31. The number of phosphoric acid groups is 3. The van der Waals surface area contributed by atoms with Gasteiger partial charge in [0.2, 0.25) is 0 Å². The summed E-state index contributed by atoms with van der Waals surface area (Å²) in [6.45, 7) is 3.83. The summed E-state index contributed by atoms with van der Waals surface area (Å²) in [5.74, 6) is 0.323. The van der Waals surface area contributed by atoms with Crippen LogP contribution in [0.3, 0.4) is 0 Å². The molecule has 0 saturated carbocycles. The molecule has 6 atom stereocenters. The van der Waals surface area contributed by atoms with Crippen LogP contribution in [0.25, 0.3) is 0 Å². The first-order valence-electron chi connectivity index (χ1n) is 12.9. The molecule has 1 aromatic carbocycles. The van der Waals surface area contributed by atoms with Crippen molar-refractivity contribution in [3.63, 3.8) is 0 Å². The molecule has 2 unspecified atom stereocenters. The molecular formula is C22H32N3O18P3. The normalized spacial score (nSPS) is 22.2. The van der Waals surface area contributed by atoms with E-state index in [1.807, 2.05) is 0 Å². The minimum atomic E-state index is -5.78. The Balaban J connectivity index is 1.79. The zero-order valence-electron chi connectivity index (χ0n) is 24.5. The van der Waals surface area contributed by atoms with Gasteiger partial charge in [-0.2, -0.15) is 8.62 Å². The second kappa shape index (κ2) is 14.2. The number of ether oxygens (including phenoxy) is 3. The third kappa shape index (κ3) is 10.2. The predicted molar refractivity (Wildman–Crippen MR) is 152 cm³/mol. The summed E-state index contributed by atoms with van der Waals surface area (Å²) >= 11 is 0. The van der Waals surface area contributed by atoms with E-state index in [1.54, 1.807) is 20.8 Å². The number of phosphoric ester groups is 1. The van der Waals surface area contributed by atoms with E-state index in [9.17, 15) is 48.3 Å². The molecule has 1 aromatic heterocycles. The number of methoxy groups -OCH3 is 1. The monoisotopic (exact) mass is 719 g/mol. The van der Waals surface area contributed by atoms with Gasteiger partial charge in [0.1, 0.15) is 18.1 Å². The molecule has 0 spiro atoms. The molecule has 1 saturated heterocycles. The van der Waals surface area contributed by atoms with Crippen molar-refractivity contribution in [2.24, 2.45) is 5.41 Å². The van der Waals surface area contributed by atoms with E-state index in [-0.39, 0.29) is 23.2 Å². The highest BCUT2D eigenvalue weighted by Gasteiger charge is 2.43. The molecule has 0 bridgehead atoms. The Kier molecular flexibility index (Phi) is 11.7. The van der Waals surface area contributed by atoms with Gasteiger partial charge in [0, 0.05) is 18.7 Å². The Labute approximate surface area is 259 Å². The van der Waals surface area contributed by atoms with Crippen molar-refractivity contribution in [1.82, 2.24) is 9.55 Å². The number of rotatable bonds is 14. The number of aromatic nitrogens is 2. The summed E-state index contributed by atoms with van der Waals surface area (Å²) < 4.78 is 63.6. The summed E-state index contributed by atoms with van der Waals surface area (Å²) in [7, 11) is -15.5. The van der Waals surface area contributed by atoms with Gasteiger partial charge in [-0.3, -0.25) is 29.0 Å². The lowest BCUT2D eigenvalue weighted by molar-refractivity contribution is -0.386. The molecule has 21 nitrogen and oxygen atoms in total. The van der Waals surface area contributed by atoms with E-state index in [1.165, 1.54) is 25.3 Å². The van der Waals surface area contributed by atoms with E-state index in [2.05, 4.69) is 18.1 Å². The van der Waals surface area contributed by atoms with Crippen LogP contribution in [0.2, 0.25) is 0 Å². The average molecular weight is 719 g/mol. The van der Waals surface area contributed by atoms with Crippen LogP contribution in [-0.2, 0) is 42.9 Å². The predicted octanol–water partition coefficient (Wildman–Crippen LogP) is 1.75. The number of H-pyrrole nitrogens is 1. The highest BCUT2D eigenvalue weighted by molar-refractivity contribution is 7.66. The van der Waals surface area contributed by atoms with Crippen LogP contribution >= 0.6 is 23.5 Å². The van der Waals surface area contributed by atoms with Crippen molar-refractivity contribution < 1.29 is 70.7 Å². The lowest BCUT2D eigenvalue weighted by atomic mass is 9.83. The second-order valence-corrected chi connectivity index (χ2v) is 15.3. The lowest BCUT2D eigenvalue weighted by Crippen LogP contribution is -2.35. The molecule has 1 aliphatic heterocycles. The molecule has 0 aliphatic carbocycles. The summed E-state index contributed by atoms with van der Waals surface area (Å²) in [4.78, 5) is 74.7. The number of hydrogen-bond acceptors (Lipinski definition) is 14. The Morgan fingerprint density at radius 2 is 1.78 bits per heavy atom. The molecule has 258 valence electrons. The van der Waals surface area contributed by atoms with Crippen LogP contribution in [-0.4, -0.2) is 65.1 Å². The SMILES string of the molecule is COc1ccc([N+](=O)[O-])c([C@@H](OCc2cn([C@H]3C[C@@H](O)[C@@H](COP(=O)(O)OP(=O)(O)OP(=O)(O)O)O3)c(=O)[nH]c2=O)C(C)(C)C)c1. The summed E-state index contributed by atoms with van der Waals surface area (Å²) in [6, 6.07) is 4.11. The van der Waals surface area contributed by atoms with E-state index >= 15 is 0 Å². The largest absolute Gasteiger partial charge is 0.497 e. The fraction of sp³-hybridized carbons (Fsp3) is 0.545. The van der Waals surface area contributed by atoms with Crippen LogP contribution < -0.4 is 16.0 Å². The zero-order valence-corrected chi connectivity index (χ0v) is 27.2. The fourth-order valence-corrected chi connectivity index (χ4v) is 7.40. The molecule has 2 heterocycles. The highest BCUT2D eigenvalue weighted by Crippen LogP contribution is 2.66. The maximum atomic E-state index is 12.7. The van der Waals surface area contributed by atoms with Crippen LogP contribution in [0.1, 0.15) is 50.7 Å². The summed E-state index contributed by atoms with van der Waals surface area (Å²) in [6.07, 6.45) is -4.40.